The van der Waals surface area contributed by atoms with Crippen molar-refractivity contribution in [3.63, 3.8) is 0 Å². The fourth-order valence-corrected chi connectivity index (χ4v) is 1.96. The van der Waals surface area contributed by atoms with Crippen molar-refractivity contribution in [3.8, 4) is 0 Å². The maximum Gasteiger partial charge on any atom is 0.0516 e. The van der Waals surface area contributed by atoms with Gasteiger partial charge in [0.05, 0.1) is 13.1 Å². The third-order valence-corrected chi connectivity index (χ3v) is 2.87. The molecule has 0 fully saturated rings. The van der Waals surface area contributed by atoms with E-state index in [2.05, 4.69) is 20.1 Å². The molecule has 0 radical (unpaired) electrons. The predicted molar refractivity (Wildman–Crippen MR) is 66.4 cm³/mol. The SMILES string of the molecule is Cc1cc(C)c(CN=[N+]=[N-])c(C)c1CN=[N+]=[N-]. The fraction of sp³-hybridized carbons (Fsp3) is 0.455. The van der Waals surface area contributed by atoms with Crippen molar-refractivity contribution in [1.29, 1.82) is 0 Å². The van der Waals surface area contributed by atoms with Crippen LogP contribution in [0.5, 0.6) is 0 Å². The van der Waals surface area contributed by atoms with Crippen LogP contribution in [0.2, 0.25) is 0 Å². The highest BCUT2D eigenvalue weighted by Gasteiger charge is 2.09. The first-order chi connectivity index (χ1) is 8.11. The normalized spacial score (nSPS) is 9.35. The molecule has 6 heteroatoms. The van der Waals surface area contributed by atoms with Crippen LogP contribution in [0.15, 0.2) is 16.3 Å². The van der Waals surface area contributed by atoms with Crippen molar-refractivity contribution in [3.05, 3.63) is 54.8 Å². The molecule has 0 N–H and O–H groups in total. The third-order valence-electron chi connectivity index (χ3n) is 2.87. The Hall–Kier alpha value is -2.16. The number of hydrogen-bond acceptors (Lipinski definition) is 2. The summed E-state index contributed by atoms with van der Waals surface area (Å²) < 4.78 is 0. The van der Waals surface area contributed by atoms with Crippen LogP contribution >= 0.6 is 0 Å². The molecule has 1 aromatic rings. The lowest BCUT2D eigenvalue weighted by Crippen LogP contribution is -2.00. The van der Waals surface area contributed by atoms with Crippen molar-refractivity contribution in [2.24, 2.45) is 10.2 Å². The van der Waals surface area contributed by atoms with E-state index >= 15 is 0 Å². The number of aryl methyl sites for hydroxylation is 2. The Labute approximate surface area is 99.5 Å². The Morgan fingerprint density at radius 3 is 1.71 bits per heavy atom. The molecule has 0 saturated heterocycles. The lowest BCUT2D eigenvalue weighted by molar-refractivity contribution is 0.952. The Kier molecular flexibility index (Phi) is 4.40. The molecule has 6 nitrogen and oxygen atoms in total. The summed E-state index contributed by atoms with van der Waals surface area (Å²) >= 11 is 0. The van der Waals surface area contributed by atoms with Gasteiger partial charge in [0, 0.05) is 9.82 Å². The molecule has 0 amide bonds. The molecule has 0 spiro atoms. The van der Waals surface area contributed by atoms with Gasteiger partial charge >= 0.3 is 0 Å². The maximum absolute atomic E-state index is 8.37. The number of benzene rings is 1. The summed E-state index contributed by atoms with van der Waals surface area (Å²) in [5.41, 5.74) is 22.0. The quantitative estimate of drug-likeness (QED) is 0.420. The van der Waals surface area contributed by atoms with E-state index in [0.29, 0.717) is 13.1 Å². The first-order valence-electron chi connectivity index (χ1n) is 5.22. The largest absolute Gasteiger partial charge is 0.0893 e. The number of hydrogen-bond donors (Lipinski definition) is 0. The molecule has 1 aromatic carbocycles. The summed E-state index contributed by atoms with van der Waals surface area (Å²) in [6, 6.07) is 2.03. The summed E-state index contributed by atoms with van der Waals surface area (Å²) in [6.45, 7) is 6.60. The zero-order valence-electron chi connectivity index (χ0n) is 10.2. The van der Waals surface area contributed by atoms with Crippen molar-refractivity contribution < 1.29 is 0 Å². The van der Waals surface area contributed by atoms with Gasteiger partial charge in [0.25, 0.3) is 0 Å². The fourth-order valence-electron chi connectivity index (χ4n) is 1.96. The third kappa shape index (κ3) is 2.91. The van der Waals surface area contributed by atoms with E-state index in [1.807, 2.05) is 26.8 Å². The molecule has 0 atom stereocenters. The molecule has 0 heterocycles. The average molecular weight is 230 g/mol. The number of azide groups is 2. The monoisotopic (exact) mass is 230 g/mol. The minimum atomic E-state index is 0.331. The summed E-state index contributed by atoms with van der Waals surface area (Å²) in [4.78, 5) is 5.54. The van der Waals surface area contributed by atoms with E-state index in [4.69, 9.17) is 11.1 Å². The zero-order chi connectivity index (χ0) is 12.8. The summed E-state index contributed by atoms with van der Waals surface area (Å²) in [5, 5.41) is 7.18. The van der Waals surface area contributed by atoms with Crippen molar-refractivity contribution in [1.82, 2.24) is 0 Å². The van der Waals surface area contributed by atoms with Gasteiger partial charge in [-0.05, 0) is 59.7 Å². The molecule has 0 aliphatic heterocycles. The Morgan fingerprint density at radius 1 is 0.941 bits per heavy atom. The molecule has 17 heavy (non-hydrogen) atoms. The first-order valence-corrected chi connectivity index (χ1v) is 5.22. The first kappa shape index (κ1) is 12.9. The second-order valence-electron chi connectivity index (χ2n) is 3.87. The molecular weight excluding hydrogens is 216 g/mol. The van der Waals surface area contributed by atoms with Gasteiger partial charge in [0.15, 0.2) is 0 Å². The van der Waals surface area contributed by atoms with E-state index in [-0.39, 0.29) is 0 Å². The second kappa shape index (κ2) is 5.80. The van der Waals surface area contributed by atoms with Gasteiger partial charge in [-0.2, -0.15) is 0 Å². The van der Waals surface area contributed by atoms with Gasteiger partial charge < -0.3 is 0 Å². The van der Waals surface area contributed by atoms with E-state index in [1.54, 1.807) is 0 Å². The molecule has 0 bridgehead atoms. The van der Waals surface area contributed by atoms with Gasteiger partial charge in [-0.1, -0.05) is 16.3 Å². The van der Waals surface area contributed by atoms with Crippen LogP contribution in [0, 0.1) is 20.8 Å². The number of nitrogens with zero attached hydrogens (tertiary/aromatic N) is 6. The molecule has 1 rings (SSSR count). The van der Waals surface area contributed by atoms with E-state index < -0.39 is 0 Å². The number of rotatable bonds is 4. The topological polar surface area (TPSA) is 97.5 Å². The van der Waals surface area contributed by atoms with E-state index in [0.717, 1.165) is 27.8 Å². The van der Waals surface area contributed by atoms with Gasteiger partial charge in [-0.3, -0.25) is 0 Å². The zero-order valence-corrected chi connectivity index (χ0v) is 10.2. The minimum absolute atomic E-state index is 0.331. The van der Waals surface area contributed by atoms with Crippen LogP contribution in [0.4, 0.5) is 0 Å². The van der Waals surface area contributed by atoms with Gasteiger partial charge in [-0.25, -0.2) is 0 Å². The highest BCUT2D eigenvalue weighted by molar-refractivity contribution is 5.44. The van der Waals surface area contributed by atoms with Gasteiger partial charge in [-0.15, -0.1) is 0 Å². The predicted octanol–water partition coefficient (Wildman–Crippen LogP) is 4.23. The van der Waals surface area contributed by atoms with Crippen LogP contribution in [0.1, 0.15) is 27.8 Å². The summed E-state index contributed by atoms with van der Waals surface area (Å²) in [6.07, 6.45) is 0. The molecule has 0 aliphatic carbocycles. The molecule has 0 aliphatic rings. The van der Waals surface area contributed by atoms with Crippen LogP contribution in [-0.4, -0.2) is 0 Å². The van der Waals surface area contributed by atoms with Crippen LogP contribution in [0.3, 0.4) is 0 Å². The highest BCUT2D eigenvalue weighted by atomic mass is 15.1. The minimum Gasteiger partial charge on any atom is -0.0893 e. The van der Waals surface area contributed by atoms with Crippen LogP contribution in [-0.2, 0) is 13.1 Å². The Morgan fingerprint density at radius 2 is 1.35 bits per heavy atom. The van der Waals surface area contributed by atoms with Gasteiger partial charge in [0.2, 0.25) is 0 Å². The Bertz CT molecular complexity index is 477. The standard InChI is InChI=1S/C11H14N6/c1-7-4-8(2)11(6-15-17-13)9(3)10(7)5-14-16-12/h4H,5-6H2,1-3H3. The maximum atomic E-state index is 8.37. The van der Waals surface area contributed by atoms with Crippen molar-refractivity contribution in [2.45, 2.75) is 33.9 Å². The summed E-state index contributed by atoms with van der Waals surface area (Å²) in [5.74, 6) is 0. The van der Waals surface area contributed by atoms with Crippen molar-refractivity contribution >= 4 is 0 Å². The smallest absolute Gasteiger partial charge is 0.0516 e. The molecule has 0 unspecified atom stereocenters. The van der Waals surface area contributed by atoms with Crippen molar-refractivity contribution in [2.75, 3.05) is 0 Å². The molecule has 0 saturated carbocycles. The molecule has 0 aromatic heterocycles. The Balaban J connectivity index is 3.30. The van der Waals surface area contributed by atoms with Crippen LogP contribution in [0.25, 0.3) is 20.9 Å². The van der Waals surface area contributed by atoms with E-state index in [1.165, 1.54) is 0 Å². The molecular formula is C11H14N6. The highest BCUT2D eigenvalue weighted by Crippen LogP contribution is 2.23. The average Bonchev–Trinajstić information content (AvgIpc) is 2.28. The van der Waals surface area contributed by atoms with Gasteiger partial charge in [0.1, 0.15) is 0 Å². The summed E-state index contributed by atoms with van der Waals surface area (Å²) in [7, 11) is 0. The van der Waals surface area contributed by atoms with E-state index in [9.17, 15) is 0 Å². The van der Waals surface area contributed by atoms with Crippen LogP contribution < -0.4 is 0 Å². The lowest BCUT2D eigenvalue weighted by atomic mass is 9.93. The lowest BCUT2D eigenvalue weighted by Gasteiger charge is -2.14. The second-order valence-corrected chi connectivity index (χ2v) is 3.87. The molecule has 88 valence electrons.